The second kappa shape index (κ2) is 10.7. The molecule has 0 spiro atoms. The molecule has 180 valence electrons. The van der Waals surface area contributed by atoms with Gasteiger partial charge in [-0.05, 0) is 47.9 Å². The van der Waals surface area contributed by atoms with Crippen molar-refractivity contribution in [3.05, 3.63) is 95.8 Å². The third-order valence-corrected chi connectivity index (χ3v) is 5.76. The van der Waals surface area contributed by atoms with Crippen molar-refractivity contribution < 1.29 is 17.9 Å². The van der Waals surface area contributed by atoms with Crippen LogP contribution in [0.3, 0.4) is 0 Å². The van der Waals surface area contributed by atoms with E-state index in [1.807, 2.05) is 18.2 Å². The van der Waals surface area contributed by atoms with Crippen LogP contribution in [0.5, 0.6) is 5.75 Å². The monoisotopic (exact) mass is 543 g/mol. The zero-order valence-corrected chi connectivity index (χ0v) is 20.2. The number of aromatic amines is 1. The third-order valence-electron chi connectivity index (χ3n) is 5.16. The van der Waals surface area contributed by atoms with Crippen molar-refractivity contribution in [2.75, 3.05) is 0 Å². The molecule has 1 N–H and O–H groups in total. The first-order chi connectivity index (χ1) is 16.8. The Morgan fingerprint density at radius 1 is 1.03 bits per heavy atom. The first-order valence-corrected chi connectivity index (χ1v) is 11.7. The maximum atomic E-state index is 12.3. The predicted octanol–water partition coefficient (Wildman–Crippen LogP) is 6.66. The Kier molecular flexibility index (Phi) is 7.50. The number of halogens is 4. The normalized spacial score (nSPS) is 11.2. The minimum absolute atomic E-state index is 0.263. The molecule has 0 unspecified atom stereocenters. The number of alkyl halides is 4. The molecule has 0 radical (unpaired) electrons. The minimum atomic E-state index is -4.72. The quantitative estimate of drug-likeness (QED) is 0.252. The number of hydrogen-bond donors (Lipinski definition) is 1. The maximum absolute atomic E-state index is 12.3. The Morgan fingerprint density at radius 2 is 1.86 bits per heavy atom. The van der Waals surface area contributed by atoms with Gasteiger partial charge in [-0.3, -0.25) is 5.10 Å². The number of aryl methyl sites for hydroxylation is 1. The molecular formula is C25H21BrF3N5O. The van der Waals surface area contributed by atoms with Crippen molar-refractivity contribution in [1.82, 2.24) is 25.2 Å². The van der Waals surface area contributed by atoms with Crippen LogP contribution in [0.1, 0.15) is 16.7 Å². The summed E-state index contributed by atoms with van der Waals surface area (Å²) in [6, 6.07) is 19.9. The minimum Gasteiger partial charge on any atom is -0.406 e. The van der Waals surface area contributed by atoms with Crippen LogP contribution in [0.2, 0.25) is 0 Å². The van der Waals surface area contributed by atoms with E-state index >= 15 is 0 Å². The molecule has 35 heavy (non-hydrogen) atoms. The largest absolute Gasteiger partial charge is 0.573 e. The number of aromatic nitrogens is 5. The standard InChI is InChI=1S/C17H12F3N5O.C8H9Br/c18-17(19,20)26-14-3-1-2-11(6-14)9-25-10-16(23-24-25)12-4-5-15-13(7-12)8-21-22-15;1-7-4-2-3-5-8(7)6-9/h1-8,10H,9H2,(H,21,22);2-5H,6H2,1H3. The van der Waals surface area contributed by atoms with Gasteiger partial charge in [0.15, 0.2) is 0 Å². The van der Waals surface area contributed by atoms with E-state index in [9.17, 15) is 13.2 Å². The predicted molar refractivity (Wildman–Crippen MR) is 131 cm³/mol. The second-order valence-corrected chi connectivity index (χ2v) is 8.29. The van der Waals surface area contributed by atoms with Gasteiger partial charge in [-0.1, -0.05) is 63.6 Å². The summed E-state index contributed by atoms with van der Waals surface area (Å²) in [5, 5.41) is 16.9. The van der Waals surface area contributed by atoms with Crippen LogP contribution < -0.4 is 4.74 Å². The Bertz CT molecular complexity index is 1410. The molecule has 0 bridgehead atoms. The maximum Gasteiger partial charge on any atom is 0.573 e. The fourth-order valence-corrected chi connectivity index (χ4v) is 4.03. The van der Waals surface area contributed by atoms with Crippen molar-refractivity contribution >= 4 is 26.8 Å². The van der Waals surface area contributed by atoms with Crippen molar-refractivity contribution in [1.29, 1.82) is 0 Å². The van der Waals surface area contributed by atoms with Gasteiger partial charge in [0, 0.05) is 16.3 Å². The summed E-state index contributed by atoms with van der Waals surface area (Å²) in [6.07, 6.45) is -1.27. The highest BCUT2D eigenvalue weighted by Gasteiger charge is 2.31. The highest BCUT2D eigenvalue weighted by atomic mass is 79.9. The zero-order valence-electron chi connectivity index (χ0n) is 18.6. The molecule has 2 heterocycles. The van der Waals surface area contributed by atoms with Gasteiger partial charge >= 0.3 is 6.36 Å². The molecule has 0 amide bonds. The van der Waals surface area contributed by atoms with Crippen LogP contribution >= 0.6 is 15.9 Å². The van der Waals surface area contributed by atoms with E-state index in [0.717, 1.165) is 21.8 Å². The number of nitrogens with one attached hydrogen (secondary N) is 1. The highest BCUT2D eigenvalue weighted by Crippen LogP contribution is 2.24. The first kappa shape index (κ1) is 24.5. The number of rotatable bonds is 5. The van der Waals surface area contributed by atoms with Gasteiger partial charge in [-0.15, -0.1) is 18.3 Å². The lowest BCUT2D eigenvalue weighted by atomic mass is 10.1. The van der Waals surface area contributed by atoms with Gasteiger partial charge in [0.25, 0.3) is 0 Å². The molecule has 5 rings (SSSR count). The fourth-order valence-electron chi connectivity index (χ4n) is 3.40. The summed E-state index contributed by atoms with van der Waals surface area (Å²) in [5.74, 6) is -0.263. The smallest absolute Gasteiger partial charge is 0.406 e. The molecule has 6 nitrogen and oxygen atoms in total. The van der Waals surface area contributed by atoms with E-state index in [1.54, 1.807) is 23.1 Å². The molecule has 0 aliphatic rings. The van der Waals surface area contributed by atoms with Gasteiger partial charge < -0.3 is 4.74 Å². The molecule has 0 atom stereocenters. The average Bonchev–Trinajstić information content (AvgIpc) is 3.48. The average molecular weight is 544 g/mol. The van der Waals surface area contributed by atoms with Crippen molar-refractivity contribution in [2.24, 2.45) is 0 Å². The van der Waals surface area contributed by atoms with E-state index in [1.165, 1.54) is 29.3 Å². The van der Waals surface area contributed by atoms with Gasteiger partial charge in [0.05, 0.1) is 24.5 Å². The van der Waals surface area contributed by atoms with Crippen LogP contribution in [0.4, 0.5) is 13.2 Å². The molecule has 0 saturated heterocycles. The Morgan fingerprint density at radius 3 is 2.60 bits per heavy atom. The lowest BCUT2D eigenvalue weighted by Crippen LogP contribution is -2.17. The summed E-state index contributed by atoms with van der Waals surface area (Å²) < 4.78 is 42.5. The first-order valence-electron chi connectivity index (χ1n) is 10.6. The number of fused-ring (bicyclic) bond motifs is 1. The van der Waals surface area contributed by atoms with Crippen LogP contribution in [0.15, 0.2) is 79.1 Å². The lowest BCUT2D eigenvalue weighted by molar-refractivity contribution is -0.274. The van der Waals surface area contributed by atoms with Gasteiger partial charge in [0.1, 0.15) is 11.4 Å². The van der Waals surface area contributed by atoms with Gasteiger partial charge in [-0.25, -0.2) is 4.68 Å². The molecule has 0 aliphatic carbocycles. The summed E-state index contributed by atoms with van der Waals surface area (Å²) in [6.45, 7) is 2.40. The molecule has 10 heteroatoms. The third kappa shape index (κ3) is 6.69. The number of H-pyrrole nitrogens is 1. The number of ether oxygens (including phenoxy) is 1. The number of hydrogen-bond acceptors (Lipinski definition) is 4. The fraction of sp³-hybridized carbons (Fsp3) is 0.160. The molecule has 5 aromatic rings. The Balaban J connectivity index is 0.000000271. The Hall–Kier alpha value is -3.66. The van der Waals surface area contributed by atoms with Gasteiger partial charge in [-0.2, -0.15) is 5.10 Å². The van der Waals surface area contributed by atoms with Crippen molar-refractivity contribution in [3.8, 4) is 17.0 Å². The molecule has 0 aliphatic heterocycles. The summed E-state index contributed by atoms with van der Waals surface area (Å²) >= 11 is 3.41. The SMILES string of the molecule is Cc1ccccc1CBr.FC(F)(F)Oc1cccc(Cn2cc(-c3ccc4[nH]ncc4c3)nn2)c1. The summed E-state index contributed by atoms with van der Waals surface area (Å²) in [7, 11) is 0. The molecule has 3 aromatic carbocycles. The lowest BCUT2D eigenvalue weighted by Gasteiger charge is -2.09. The van der Waals surface area contributed by atoms with Gasteiger partial charge in [0.2, 0.25) is 0 Å². The molecule has 0 fully saturated rings. The van der Waals surface area contributed by atoms with E-state index in [2.05, 4.69) is 72.4 Å². The van der Waals surface area contributed by atoms with Crippen LogP contribution in [0.25, 0.3) is 22.2 Å². The van der Waals surface area contributed by atoms with E-state index in [-0.39, 0.29) is 12.3 Å². The summed E-state index contributed by atoms with van der Waals surface area (Å²) in [4.78, 5) is 0. The Labute approximate surface area is 207 Å². The molecular weight excluding hydrogens is 523 g/mol. The van der Waals surface area contributed by atoms with E-state index < -0.39 is 6.36 Å². The van der Waals surface area contributed by atoms with Crippen LogP contribution in [-0.2, 0) is 11.9 Å². The highest BCUT2D eigenvalue weighted by molar-refractivity contribution is 9.08. The van der Waals surface area contributed by atoms with Crippen molar-refractivity contribution in [2.45, 2.75) is 25.2 Å². The number of nitrogens with zero attached hydrogens (tertiary/aromatic N) is 4. The zero-order chi connectivity index (χ0) is 24.8. The number of benzene rings is 3. The molecule has 0 saturated carbocycles. The molecule has 2 aromatic heterocycles. The van der Waals surface area contributed by atoms with E-state index in [4.69, 9.17) is 0 Å². The van der Waals surface area contributed by atoms with E-state index in [0.29, 0.717) is 11.3 Å². The second-order valence-electron chi connectivity index (χ2n) is 7.73. The van der Waals surface area contributed by atoms with Crippen LogP contribution in [-0.4, -0.2) is 31.6 Å². The van der Waals surface area contributed by atoms with Crippen molar-refractivity contribution in [3.63, 3.8) is 0 Å². The summed E-state index contributed by atoms with van der Waals surface area (Å²) in [5.41, 5.74) is 5.80. The van der Waals surface area contributed by atoms with Crippen LogP contribution in [0, 0.1) is 6.92 Å². The topological polar surface area (TPSA) is 68.6 Å².